The van der Waals surface area contributed by atoms with Gasteiger partial charge in [-0.1, -0.05) is 6.08 Å². The van der Waals surface area contributed by atoms with Gasteiger partial charge in [-0.25, -0.2) is 4.79 Å². The molecule has 0 rings (SSSR count). The van der Waals surface area contributed by atoms with E-state index < -0.39 is 0 Å². The third kappa shape index (κ3) is 2.51. The van der Waals surface area contributed by atoms with Crippen LogP contribution >= 0.6 is 11.6 Å². The van der Waals surface area contributed by atoms with E-state index in [1.54, 1.807) is 13.0 Å². The first kappa shape index (κ1) is 8.50. The van der Waals surface area contributed by atoms with Gasteiger partial charge in [-0.3, -0.25) is 0 Å². The molecule has 0 atom stereocenters. The summed E-state index contributed by atoms with van der Waals surface area (Å²) in [4.78, 5) is 10.6. The predicted octanol–water partition coefficient (Wildman–Crippen LogP) is 1.34. The summed E-state index contributed by atoms with van der Waals surface area (Å²) in [5.41, 5.74) is 0.499. The fraction of sp³-hybridized carbons (Fsp3) is 0.500. The van der Waals surface area contributed by atoms with Crippen LogP contribution in [0, 0.1) is 0 Å². The lowest BCUT2D eigenvalue weighted by Gasteiger charge is -1.97. The second kappa shape index (κ2) is 4.39. The van der Waals surface area contributed by atoms with Gasteiger partial charge in [0, 0.05) is 5.57 Å². The number of esters is 1. The first-order valence-corrected chi connectivity index (χ1v) is 3.09. The zero-order chi connectivity index (χ0) is 7.28. The Balaban J connectivity index is 3.97. The van der Waals surface area contributed by atoms with Crippen LogP contribution in [0.1, 0.15) is 6.92 Å². The molecule has 0 N–H and O–H groups in total. The topological polar surface area (TPSA) is 26.3 Å². The van der Waals surface area contributed by atoms with Crippen molar-refractivity contribution in [2.45, 2.75) is 6.92 Å². The summed E-state index contributed by atoms with van der Waals surface area (Å²) in [5.74, 6) is -0.143. The fourth-order valence-electron chi connectivity index (χ4n) is 0.381. The highest BCUT2D eigenvalue weighted by molar-refractivity contribution is 6.22. The molecule has 9 heavy (non-hydrogen) atoms. The van der Waals surface area contributed by atoms with Crippen LogP contribution in [-0.2, 0) is 9.53 Å². The number of hydrogen-bond donors (Lipinski definition) is 0. The molecule has 0 bridgehead atoms. The molecular formula is C6H9ClO2. The highest BCUT2D eigenvalue weighted by Gasteiger charge is 2.04. The first-order valence-electron chi connectivity index (χ1n) is 2.55. The average molecular weight is 149 g/mol. The normalized spacial score (nSPS) is 11.2. The molecule has 0 aromatic carbocycles. The minimum atomic E-state index is -0.354. The molecule has 0 aromatic rings. The van der Waals surface area contributed by atoms with Crippen molar-refractivity contribution in [2.24, 2.45) is 0 Å². The third-order valence-electron chi connectivity index (χ3n) is 0.940. The van der Waals surface area contributed by atoms with Crippen LogP contribution in [0.4, 0.5) is 0 Å². The van der Waals surface area contributed by atoms with E-state index in [1.165, 1.54) is 7.11 Å². The van der Waals surface area contributed by atoms with E-state index in [1.807, 2.05) is 0 Å². The van der Waals surface area contributed by atoms with E-state index in [0.717, 1.165) is 0 Å². The van der Waals surface area contributed by atoms with Crippen molar-refractivity contribution in [3.05, 3.63) is 11.6 Å². The summed E-state index contributed by atoms with van der Waals surface area (Å²) < 4.78 is 4.40. The Labute approximate surface area is 59.5 Å². The third-order valence-corrected chi connectivity index (χ3v) is 1.23. The van der Waals surface area contributed by atoms with Gasteiger partial charge in [-0.05, 0) is 6.92 Å². The molecule has 0 unspecified atom stereocenters. The standard InChI is InChI=1S/C6H9ClO2/c1-3-5(4-7)6(8)9-2/h3H,4H2,1-2H3. The summed E-state index contributed by atoms with van der Waals surface area (Å²) >= 11 is 5.37. The molecule has 0 aromatic heterocycles. The zero-order valence-corrected chi connectivity index (χ0v) is 6.23. The fourth-order valence-corrected chi connectivity index (χ4v) is 0.644. The van der Waals surface area contributed by atoms with E-state index in [2.05, 4.69) is 4.74 Å². The lowest BCUT2D eigenvalue weighted by atomic mass is 10.3. The number of hydrogen-bond acceptors (Lipinski definition) is 2. The molecule has 0 aliphatic heterocycles. The van der Waals surface area contributed by atoms with Gasteiger partial charge in [-0.15, -0.1) is 11.6 Å². The Morgan fingerprint density at radius 1 is 1.78 bits per heavy atom. The number of ether oxygens (including phenoxy) is 1. The number of rotatable bonds is 2. The van der Waals surface area contributed by atoms with Crippen molar-refractivity contribution in [2.75, 3.05) is 13.0 Å². The molecule has 52 valence electrons. The Hall–Kier alpha value is -0.500. The van der Waals surface area contributed by atoms with Gasteiger partial charge < -0.3 is 4.74 Å². The van der Waals surface area contributed by atoms with Crippen molar-refractivity contribution in [3.63, 3.8) is 0 Å². The number of halogens is 1. The van der Waals surface area contributed by atoms with Crippen LogP contribution in [0.15, 0.2) is 11.6 Å². The molecule has 0 heterocycles. The number of alkyl halides is 1. The van der Waals surface area contributed by atoms with Gasteiger partial charge in [0.2, 0.25) is 0 Å². The average Bonchev–Trinajstić information content (AvgIpc) is 1.90. The maximum atomic E-state index is 10.6. The van der Waals surface area contributed by atoms with Gasteiger partial charge >= 0.3 is 5.97 Å². The molecule has 0 fully saturated rings. The number of carbonyl (C=O) groups excluding carboxylic acids is 1. The summed E-state index contributed by atoms with van der Waals surface area (Å²) in [6.45, 7) is 1.74. The molecule has 0 radical (unpaired) electrons. The Morgan fingerprint density at radius 3 is 2.44 bits per heavy atom. The molecule has 2 nitrogen and oxygen atoms in total. The summed E-state index contributed by atoms with van der Waals surface area (Å²) in [6.07, 6.45) is 1.64. The maximum Gasteiger partial charge on any atom is 0.334 e. The molecule has 0 spiro atoms. The zero-order valence-electron chi connectivity index (χ0n) is 5.48. The molecule has 0 amide bonds. The first-order chi connectivity index (χ1) is 4.26. The molecule has 3 heteroatoms. The van der Waals surface area contributed by atoms with Gasteiger partial charge in [0.05, 0.1) is 13.0 Å². The smallest absolute Gasteiger partial charge is 0.334 e. The van der Waals surface area contributed by atoms with Crippen molar-refractivity contribution in [1.82, 2.24) is 0 Å². The van der Waals surface area contributed by atoms with Gasteiger partial charge in [-0.2, -0.15) is 0 Å². The molecule has 0 aliphatic carbocycles. The van der Waals surface area contributed by atoms with Crippen molar-refractivity contribution in [3.8, 4) is 0 Å². The maximum absolute atomic E-state index is 10.6. The number of carbonyl (C=O) groups is 1. The van der Waals surface area contributed by atoms with E-state index in [9.17, 15) is 4.79 Å². The predicted molar refractivity (Wildman–Crippen MR) is 36.5 cm³/mol. The van der Waals surface area contributed by atoms with Crippen LogP contribution < -0.4 is 0 Å². The van der Waals surface area contributed by atoms with Crippen molar-refractivity contribution < 1.29 is 9.53 Å². The second-order valence-corrected chi connectivity index (χ2v) is 1.71. The minimum absolute atomic E-state index is 0.211. The van der Waals surface area contributed by atoms with Gasteiger partial charge in [0.25, 0.3) is 0 Å². The minimum Gasteiger partial charge on any atom is -0.466 e. The van der Waals surface area contributed by atoms with Gasteiger partial charge in [0.15, 0.2) is 0 Å². The van der Waals surface area contributed by atoms with Crippen LogP contribution in [0.3, 0.4) is 0 Å². The lowest BCUT2D eigenvalue weighted by molar-refractivity contribution is -0.135. The summed E-state index contributed by atoms with van der Waals surface area (Å²) in [6, 6.07) is 0. The van der Waals surface area contributed by atoms with E-state index >= 15 is 0 Å². The van der Waals surface area contributed by atoms with E-state index in [0.29, 0.717) is 5.57 Å². The van der Waals surface area contributed by atoms with Crippen LogP contribution in [0.5, 0.6) is 0 Å². The van der Waals surface area contributed by atoms with Crippen LogP contribution in [0.2, 0.25) is 0 Å². The van der Waals surface area contributed by atoms with Crippen LogP contribution in [-0.4, -0.2) is 19.0 Å². The number of allylic oxidation sites excluding steroid dienone is 1. The quantitative estimate of drug-likeness (QED) is 0.336. The van der Waals surface area contributed by atoms with Crippen LogP contribution in [0.25, 0.3) is 0 Å². The van der Waals surface area contributed by atoms with E-state index in [4.69, 9.17) is 11.6 Å². The highest BCUT2D eigenvalue weighted by Crippen LogP contribution is 1.98. The highest BCUT2D eigenvalue weighted by atomic mass is 35.5. The monoisotopic (exact) mass is 148 g/mol. The second-order valence-electron chi connectivity index (χ2n) is 1.44. The molecule has 0 aliphatic rings. The summed E-state index contributed by atoms with van der Waals surface area (Å²) in [7, 11) is 1.33. The largest absolute Gasteiger partial charge is 0.466 e. The van der Waals surface area contributed by atoms with Crippen molar-refractivity contribution in [1.29, 1.82) is 0 Å². The van der Waals surface area contributed by atoms with Crippen molar-refractivity contribution >= 4 is 17.6 Å². The molecule has 0 saturated heterocycles. The Bertz CT molecular complexity index is 129. The summed E-state index contributed by atoms with van der Waals surface area (Å²) in [5, 5.41) is 0. The Kier molecular flexibility index (Phi) is 4.14. The van der Waals surface area contributed by atoms with E-state index in [-0.39, 0.29) is 11.8 Å². The SMILES string of the molecule is CC=C(CCl)C(=O)OC. The lowest BCUT2D eigenvalue weighted by Crippen LogP contribution is -2.05. The Morgan fingerprint density at radius 2 is 2.33 bits per heavy atom. The number of methoxy groups -OCH3 is 1. The molecular weight excluding hydrogens is 140 g/mol. The molecule has 0 saturated carbocycles. The van der Waals surface area contributed by atoms with Gasteiger partial charge in [0.1, 0.15) is 0 Å².